The van der Waals surface area contributed by atoms with Crippen molar-refractivity contribution >= 4 is 32.3 Å². The summed E-state index contributed by atoms with van der Waals surface area (Å²) in [7, 11) is 0. The third-order valence-corrected chi connectivity index (χ3v) is 3.77. The van der Waals surface area contributed by atoms with Gasteiger partial charge in [0.25, 0.3) is 0 Å². The summed E-state index contributed by atoms with van der Waals surface area (Å²) in [4.78, 5) is 0. The first-order valence-electron chi connectivity index (χ1n) is 7.89. The summed E-state index contributed by atoms with van der Waals surface area (Å²) in [6.07, 6.45) is 0. The van der Waals surface area contributed by atoms with Crippen molar-refractivity contribution in [2.75, 3.05) is 0 Å². The van der Waals surface area contributed by atoms with Gasteiger partial charge in [-0.05, 0) is 50.8 Å². The van der Waals surface area contributed by atoms with E-state index in [1.54, 1.807) is 0 Å². The van der Waals surface area contributed by atoms with E-state index in [9.17, 15) is 0 Å². The lowest BCUT2D eigenvalue weighted by Gasteiger charge is -2.10. The first-order valence-corrected chi connectivity index (χ1v) is 6.39. The molecule has 0 N–H and O–H groups in total. The zero-order chi connectivity index (χ0) is 15.3. The molecule has 0 atom stereocenters. The van der Waals surface area contributed by atoms with Crippen LogP contribution in [0.15, 0.2) is 66.7 Å². The summed E-state index contributed by atoms with van der Waals surface area (Å²) in [5.74, 6) is 0. The predicted molar refractivity (Wildman–Crippen MR) is 83.7 cm³/mol. The molecule has 0 fully saturated rings. The van der Waals surface area contributed by atoms with Gasteiger partial charge in [0, 0.05) is 4.11 Å². The van der Waals surface area contributed by atoms with Gasteiger partial charge in [0.15, 0.2) is 0 Å². The fourth-order valence-electron chi connectivity index (χ4n) is 2.82. The van der Waals surface area contributed by atoms with Crippen LogP contribution >= 0.6 is 0 Å². The van der Waals surface area contributed by atoms with Gasteiger partial charge in [-0.1, -0.05) is 60.7 Å². The third kappa shape index (κ3) is 1.47. The van der Waals surface area contributed by atoms with Gasteiger partial charge >= 0.3 is 0 Å². The van der Waals surface area contributed by atoms with E-state index in [-0.39, 0.29) is 0 Å². The zero-order valence-electron chi connectivity index (χ0n) is 13.4. The normalized spacial score (nSPS) is 14.4. The van der Waals surface area contributed by atoms with Crippen molar-refractivity contribution in [1.82, 2.24) is 0 Å². The largest absolute Gasteiger partial charge is 0.0616 e. The lowest BCUT2D eigenvalue weighted by molar-refractivity contribution is 1.59. The Kier molecular flexibility index (Phi) is 1.60. The van der Waals surface area contributed by atoms with Crippen LogP contribution in [0.5, 0.6) is 0 Å². The molecule has 0 nitrogen and oxygen atoms in total. The Labute approximate surface area is 116 Å². The minimum atomic E-state index is -2.14. The van der Waals surface area contributed by atoms with Crippen LogP contribution in [0.4, 0.5) is 0 Å². The standard InChI is InChI=1S/C19H14/c1-13-16-8-4-3-7-15(16)12-19-17(13)11-10-14-6-2-5-9-18(14)19/h2-12H,1H3/i1D3. The molecule has 0 heterocycles. The molecule has 0 aliphatic rings. The van der Waals surface area contributed by atoms with E-state index in [4.69, 9.17) is 4.11 Å². The smallest absolute Gasteiger partial charge is 0.0280 e. The van der Waals surface area contributed by atoms with E-state index in [1.807, 2.05) is 48.5 Å². The van der Waals surface area contributed by atoms with Crippen molar-refractivity contribution in [3.8, 4) is 0 Å². The van der Waals surface area contributed by atoms with Gasteiger partial charge in [-0.2, -0.15) is 0 Å². The summed E-state index contributed by atoms with van der Waals surface area (Å²) in [6.45, 7) is -2.14. The minimum absolute atomic E-state index is 0.450. The summed E-state index contributed by atoms with van der Waals surface area (Å²) in [6, 6.07) is 21.8. The van der Waals surface area contributed by atoms with Gasteiger partial charge in [0.2, 0.25) is 0 Å². The van der Waals surface area contributed by atoms with Crippen LogP contribution in [0.3, 0.4) is 0 Å². The molecule has 0 heteroatoms. The quantitative estimate of drug-likeness (QED) is 0.285. The number of rotatable bonds is 0. The predicted octanol–water partition coefficient (Wildman–Crippen LogP) is 5.45. The maximum Gasteiger partial charge on any atom is 0.0280 e. The van der Waals surface area contributed by atoms with E-state index in [2.05, 4.69) is 18.2 Å². The molecule has 0 aliphatic heterocycles. The van der Waals surface area contributed by atoms with E-state index in [0.717, 1.165) is 32.3 Å². The van der Waals surface area contributed by atoms with Crippen LogP contribution < -0.4 is 0 Å². The average Bonchev–Trinajstić information content (AvgIpc) is 2.51. The molecule has 0 aliphatic carbocycles. The summed E-state index contributed by atoms with van der Waals surface area (Å²) >= 11 is 0. The lowest BCUT2D eigenvalue weighted by atomic mass is 9.94. The number of aryl methyl sites for hydroxylation is 1. The Balaban J connectivity index is 2.31. The maximum atomic E-state index is 7.98. The minimum Gasteiger partial charge on any atom is -0.0616 e. The highest BCUT2D eigenvalue weighted by Gasteiger charge is 2.06. The van der Waals surface area contributed by atoms with Crippen molar-refractivity contribution in [2.45, 2.75) is 6.85 Å². The molecule has 4 aromatic carbocycles. The molecular weight excluding hydrogens is 228 g/mol. The highest BCUT2D eigenvalue weighted by molar-refractivity contribution is 6.13. The molecule has 19 heavy (non-hydrogen) atoms. The Hall–Kier alpha value is -2.34. The Bertz CT molecular complexity index is 1010. The van der Waals surface area contributed by atoms with E-state index in [0.29, 0.717) is 5.56 Å². The first-order chi connectivity index (χ1) is 10.6. The fraction of sp³-hybridized carbons (Fsp3) is 0.0526. The fourth-order valence-corrected chi connectivity index (χ4v) is 2.82. The molecule has 90 valence electrons. The third-order valence-electron chi connectivity index (χ3n) is 3.77. The molecule has 0 unspecified atom stereocenters. The highest BCUT2D eigenvalue weighted by Crippen LogP contribution is 2.32. The van der Waals surface area contributed by atoms with Crippen LogP contribution in [0.1, 0.15) is 9.68 Å². The number of fused-ring (bicyclic) bond motifs is 4. The topological polar surface area (TPSA) is 0 Å². The van der Waals surface area contributed by atoms with Gasteiger partial charge < -0.3 is 0 Å². The molecule has 4 rings (SSSR count). The second kappa shape index (κ2) is 3.83. The molecule has 0 amide bonds. The van der Waals surface area contributed by atoms with E-state index < -0.39 is 6.85 Å². The maximum absolute atomic E-state index is 7.98. The SMILES string of the molecule is [2H]C([2H])([2H])c1c2ccccc2cc2c1ccc1ccccc12. The van der Waals surface area contributed by atoms with E-state index >= 15 is 0 Å². The van der Waals surface area contributed by atoms with Crippen LogP contribution in [0.25, 0.3) is 32.3 Å². The van der Waals surface area contributed by atoms with Crippen molar-refractivity contribution in [3.05, 3.63) is 72.3 Å². The van der Waals surface area contributed by atoms with Crippen LogP contribution in [-0.2, 0) is 0 Å². The van der Waals surface area contributed by atoms with Crippen molar-refractivity contribution in [3.63, 3.8) is 0 Å². The Morgan fingerprint density at radius 2 is 1.37 bits per heavy atom. The second-order valence-electron chi connectivity index (χ2n) is 4.85. The number of hydrogen-bond donors (Lipinski definition) is 0. The van der Waals surface area contributed by atoms with Gasteiger partial charge in [-0.15, -0.1) is 0 Å². The molecule has 0 aromatic heterocycles. The van der Waals surface area contributed by atoms with Crippen molar-refractivity contribution in [2.24, 2.45) is 0 Å². The number of hydrogen-bond acceptors (Lipinski definition) is 0. The van der Waals surface area contributed by atoms with Crippen molar-refractivity contribution < 1.29 is 4.11 Å². The molecular formula is C19H14. The average molecular weight is 245 g/mol. The second-order valence-corrected chi connectivity index (χ2v) is 4.85. The molecule has 0 bridgehead atoms. The van der Waals surface area contributed by atoms with Gasteiger partial charge in [0.05, 0.1) is 0 Å². The van der Waals surface area contributed by atoms with Gasteiger partial charge in [-0.25, -0.2) is 0 Å². The van der Waals surface area contributed by atoms with Crippen molar-refractivity contribution in [1.29, 1.82) is 0 Å². The van der Waals surface area contributed by atoms with Gasteiger partial charge in [0.1, 0.15) is 0 Å². The van der Waals surface area contributed by atoms with Crippen LogP contribution in [0.2, 0.25) is 0 Å². The lowest BCUT2D eigenvalue weighted by Crippen LogP contribution is -1.84. The monoisotopic (exact) mass is 245 g/mol. The van der Waals surface area contributed by atoms with E-state index in [1.165, 1.54) is 0 Å². The molecule has 4 aromatic rings. The van der Waals surface area contributed by atoms with Crippen LogP contribution in [-0.4, -0.2) is 0 Å². The Morgan fingerprint density at radius 1 is 0.632 bits per heavy atom. The molecule has 0 saturated carbocycles. The highest BCUT2D eigenvalue weighted by atomic mass is 14.1. The van der Waals surface area contributed by atoms with Gasteiger partial charge in [-0.3, -0.25) is 0 Å². The molecule has 0 radical (unpaired) electrons. The first kappa shape index (κ1) is 7.96. The zero-order valence-corrected chi connectivity index (χ0v) is 10.4. The van der Waals surface area contributed by atoms with Crippen LogP contribution in [0, 0.1) is 6.85 Å². The molecule has 0 spiro atoms. The summed E-state index contributed by atoms with van der Waals surface area (Å²) in [5.41, 5.74) is 0.450. The molecule has 0 saturated heterocycles. The Morgan fingerprint density at radius 3 is 2.21 bits per heavy atom. The summed E-state index contributed by atoms with van der Waals surface area (Å²) < 4.78 is 23.9. The summed E-state index contributed by atoms with van der Waals surface area (Å²) in [5, 5.41) is 5.82. The number of benzene rings is 4.